The van der Waals surface area contributed by atoms with Gasteiger partial charge in [0.15, 0.2) is 0 Å². The third-order valence-corrected chi connectivity index (χ3v) is 3.94. The van der Waals surface area contributed by atoms with Crippen LogP contribution in [-0.4, -0.2) is 50.6 Å². The van der Waals surface area contributed by atoms with Crippen LogP contribution in [0.3, 0.4) is 0 Å². The molecule has 0 aromatic heterocycles. The first-order valence-corrected chi connectivity index (χ1v) is 7.55. The van der Waals surface area contributed by atoms with Crippen molar-refractivity contribution in [1.82, 2.24) is 10.2 Å². The van der Waals surface area contributed by atoms with Crippen LogP contribution in [0.5, 0.6) is 0 Å². The Kier molecular flexibility index (Phi) is 5.59. The number of hydrogen-bond acceptors (Lipinski definition) is 4. The molecule has 1 aliphatic heterocycles. The van der Waals surface area contributed by atoms with Gasteiger partial charge in [-0.3, -0.25) is 9.69 Å². The minimum absolute atomic E-state index is 0.0853. The van der Waals surface area contributed by atoms with E-state index in [9.17, 15) is 4.79 Å². The minimum Gasteiger partial charge on any atom is -0.378 e. The Morgan fingerprint density at radius 3 is 2.48 bits per heavy atom. The average Bonchev–Trinajstić information content (AvgIpc) is 2.48. The van der Waals surface area contributed by atoms with E-state index in [2.05, 4.69) is 39.4 Å². The molecule has 1 saturated heterocycles. The van der Waals surface area contributed by atoms with Crippen LogP contribution >= 0.6 is 0 Å². The van der Waals surface area contributed by atoms with Crippen LogP contribution in [0.25, 0.3) is 0 Å². The highest BCUT2D eigenvalue weighted by Gasteiger charge is 2.17. The Labute approximate surface area is 127 Å². The van der Waals surface area contributed by atoms with E-state index in [1.807, 2.05) is 14.1 Å². The predicted octanol–water partition coefficient (Wildman–Crippen LogP) is 0.792. The highest BCUT2D eigenvalue weighted by Crippen LogP contribution is 2.12. The third-order valence-electron chi connectivity index (χ3n) is 3.94. The lowest BCUT2D eigenvalue weighted by atomic mass is 10.1. The quantitative estimate of drug-likeness (QED) is 0.842. The summed E-state index contributed by atoms with van der Waals surface area (Å²) in [7, 11) is 4.03. The number of rotatable bonds is 5. The lowest BCUT2D eigenvalue weighted by molar-refractivity contribution is -0.122. The van der Waals surface area contributed by atoms with Gasteiger partial charge in [-0.25, -0.2) is 0 Å². The van der Waals surface area contributed by atoms with Gasteiger partial charge in [-0.1, -0.05) is 12.1 Å². The van der Waals surface area contributed by atoms with Gasteiger partial charge < -0.3 is 16.0 Å². The van der Waals surface area contributed by atoms with E-state index in [0.717, 1.165) is 37.2 Å². The number of benzene rings is 1. The van der Waals surface area contributed by atoms with E-state index in [0.29, 0.717) is 19.1 Å². The van der Waals surface area contributed by atoms with Crippen LogP contribution in [0.4, 0.5) is 5.69 Å². The van der Waals surface area contributed by atoms with Crippen molar-refractivity contribution in [2.45, 2.75) is 25.4 Å². The number of nitrogens with two attached hydrogens (primary N) is 1. The molecule has 0 bridgehead atoms. The van der Waals surface area contributed by atoms with Crippen molar-refractivity contribution in [3.63, 3.8) is 0 Å². The maximum absolute atomic E-state index is 11.9. The summed E-state index contributed by atoms with van der Waals surface area (Å²) in [4.78, 5) is 16.2. The summed E-state index contributed by atoms with van der Waals surface area (Å²) in [6.45, 7) is 2.90. The highest BCUT2D eigenvalue weighted by atomic mass is 16.2. The van der Waals surface area contributed by atoms with Crippen molar-refractivity contribution in [1.29, 1.82) is 0 Å². The molecule has 3 N–H and O–H groups in total. The topological polar surface area (TPSA) is 61.6 Å². The number of likely N-dealkylation sites (tertiary alicyclic amines) is 1. The van der Waals surface area contributed by atoms with Gasteiger partial charge in [0, 0.05) is 45.5 Å². The summed E-state index contributed by atoms with van der Waals surface area (Å²) >= 11 is 0. The number of anilines is 1. The molecule has 0 unspecified atom stereocenters. The largest absolute Gasteiger partial charge is 0.378 e. The zero-order valence-corrected chi connectivity index (χ0v) is 13.0. The fourth-order valence-electron chi connectivity index (χ4n) is 2.48. The second kappa shape index (κ2) is 7.43. The van der Waals surface area contributed by atoms with Gasteiger partial charge in [0.05, 0.1) is 6.54 Å². The first-order valence-electron chi connectivity index (χ1n) is 7.55. The average molecular weight is 290 g/mol. The number of carbonyl (C=O) groups excluding carboxylic acids is 1. The molecular formula is C16H26N4O. The third kappa shape index (κ3) is 5.02. The van der Waals surface area contributed by atoms with Gasteiger partial charge in [0.25, 0.3) is 0 Å². The summed E-state index contributed by atoms with van der Waals surface area (Å²) < 4.78 is 0. The zero-order valence-electron chi connectivity index (χ0n) is 13.0. The molecule has 0 atom stereocenters. The van der Waals surface area contributed by atoms with Crippen molar-refractivity contribution >= 4 is 11.6 Å². The molecule has 0 radical (unpaired) electrons. The van der Waals surface area contributed by atoms with Crippen LogP contribution in [-0.2, 0) is 11.3 Å². The molecule has 1 fully saturated rings. The summed E-state index contributed by atoms with van der Waals surface area (Å²) in [6.07, 6.45) is 1.97. The molecule has 0 spiro atoms. The fourth-order valence-corrected chi connectivity index (χ4v) is 2.48. The maximum atomic E-state index is 11.9. The first-order chi connectivity index (χ1) is 10.0. The van der Waals surface area contributed by atoms with Gasteiger partial charge >= 0.3 is 0 Å². The van der Waals surface area contributed by atoms with E-state index in [1.165, 1.54) is 0 Å². The minimum atomic E-state index is 0.0853. The standard InChI is InChI=1S/C16H26N4O/c1-19(2)15-5-3-13(4-6-15)11-18-16(21)12-20-9-7-14(17)8-10-20/h3-6,14H,7-12,17H2,1-2H3,(H,18,21). The summed E-state index contributed by atoms with van der Waals surface area (Å²) in [6, 6.07) is 8.53. The second-order valence-electron chi connectivity index (χ2n) is 5.95. The van der Waals surface area contributed by atoms with Gasteiger partial charge in [0.2, 0.25) is 5.91 Å². The Morgan fingerprint density at radius 2 is 1.90 bits per heavy atom. The number of nitrogens with zero attached hydrogens (tertiary/aromatic N) is 2. The number of hydrogen-bond donors (Lipinski definition) is 2. The van der Waals surface area contributed by atoms with E-state index in [-0.39, 0.29) is 5.91 Å². The summed E-state index contributed by atoms with van der Waals surface area (Å²) in [5.74, 6) is 0.0853. The monoisotopic (exact) mass is 290 g/mol. The number of carbonyl (C=O) groups is 1. The normalized spacial score (nSPS) is 16.7. The van der Waals surface area contributed by atoms with Gasteiger partial charge in [-0.2, -0.15) is 0 Å². The first kappa shape index (κ1) is 15.8. The van der Waals surface area contributed by atoms with Crippen LogP contribution in [0.1, 0.15) is 18.4 Å². The number of piperidine rings is 1. The SMILES string of the molecule is CN(C)c1ccc(CNC(=O)CN2CCC(N)CC2)cc1. The predicted molar refractivity (Wildman–Crippen MR) is 86.3 cm³/mol. The number of nitrogens with one attached hydrogen (secondary N) is 1. The molecule has 0 aliphatic carbocycles. The van der Waals surface area contributed by atoms with Gasteiger partial charge in [-0.15, -0.1) is 0 Å². The smallest absolute Gasteiger partial charge is 0.234 e. The molecule has 1 aromatic rings. The molecule has 1 aromatic carbocycles. The Morgan fingerprint density at radius 1 is 1.29 bits per heavy atom. The van der Waals surface area contributed by atoms with Crippen molar-refractivity contribution < 1.29 is 4.79 Å². The van der Waals surface area contributed by atoms with E-state index in [1.54, 1.807) is 0 Å². The summed E-state index contributed by atoms with van der Waals surface area (Å²) in [5.41, 5.74) is 8.15. The maximum Gasteiger partial charge on any atom is 0.234 e. The molecule has 116 valence electrons. The fraction of sp³-hybridized carbons (Fsp3) is 0.562. The van der Waals surface area contributed by atoms with Gasteiger partial charge in [-0.05, 0) is 30.5 Å². The lowest BCUT2D eigenvalue weighted by Gasteiger charge is -2.29. The van der Waals surface area contributed by atoms with Crippen LogP contribution in [0.15, 0.2) is 24.3 Å². The van der Waals surface area contributed by atoms with Gasteiger partial charge in [0.1, 0.15) is 0 Å². The Hall–Kier alpha value is -1.59. The molecular weight excluding hydrogens is 264 g/mol. The van der Waals surface area contributed by atoms with Crippen molar-refractivity contribution in [3.8, 4) is 0 Å². The Bertz CT molecular complexity index is 450. The highest BCUT2D eigenvalue weighted by molar-refractivity contribution is 5.78. The van der Waals surface area contributed by atoms with Crippen LogP contribution in [0.2, 0.25) is 0 Å². The van der Waals surface area contributed by atoms with Crippen molar-refractivity contribution in [3.05, 3.63) is 29.8 Å². The van der Waals surface area contributed by atoms with Crippen LogP contribution in [0, 0.1) is 0 Å². The van der Waals surface area contributed by atoms with Crippen molar-refractivity contribution in [2.24, 2.45) is 5.73 Å². The van der Waals surface area contributed by atoms with Crippen LogP contribution < -0.4 is 16.0 Å². The van der Waals surface area contributed by atoms with E-state index < -0.39 is 0 Å². The number of amides is 1. The molecule has 5 nitrogen and oxygen atoms in total. The molecule has 0 saturated carbocycles. The second-order valence-corrected chi connectivity index (χ2v) is 5.95. The van der Waals surface area contributed by atoms with Crippen molar-refractivity contribution in [2.75, 3.05) is 38.6 Å². The van der Waals surface area contributed by atoms with E-state index >= 15 is 0 Å². The van der Waals surface area contributed by atoms with E-state index in [4.69, 9.17) is 5.73 Å². The zero-order chi connectivity index (χ0) is 15.2. The summed E-state index contributed by atoms with van der Waals surface area (Å²) in [5, 5.41) is 2.98. The molecule has 1 aliphatic rings. The molecule has 1 heterocycles. The lowest BCUT2D eigenvalue weighted by Crippen LogP contribution is -2.44. The molecule has 5 heteroatoms. The molecule has 1 amide bonds. The molecule has 21 heavy (non-hydrogen) atoms. The molecule has 2 rings (SSSR count). The Balaban J connectivity index is 1.73.